The predicted molar refractivity (Wildman–Crippen MR) is 108 cm³/mol. The van der Waals surface area contributed by atoms with Gasteiger partial charge in [0.25, 0.3) is 10.0 Å². The summed E-state index contributed by atoms with van der Waals surface area (Å²) in [5.41, 5.74) is -1.56. The molecule has 0 aliphatic heterocycles. The average molecular weight is 468 g/mol. The van der Waals surface area contributed by atoms with Crippen LogP contribution in [0.15, 0.2) is 59.6 Å². The maximum absolute atomic E-state index is 13.1. The van der Waals surface area contributed by atoms with Crippen molar-refractivity contribution in [3.8, 4) is 22.9 Å². The normalized spacial score (nSPS) is 11.7. The number of alkyl halides is 3. The lowest BCUT2D eigenvalue weighted by Gasteiger charge is -2.21. The number of anilines is 1. The molecule has 0 amide bonds. The van der Waals surface area contributed by atoms with Gasteiger partial charge in [0.2, 0.25) is 0 Å². The zero-order chi connectivity index (χ0) is 23.0. The summed E-state index contributed by atoms with van der Waals surface area (Å²) in [6.45, 7) is 0. The van der Waals surface area contributed by atoms with Gasteiger partial charge in [0.1, 0.15) is 16.3 Å². The molecular formula is C20H13ClF3N3O3S. The van der Waals surface area contributed by atoms with E-state index in [1.807, 2.05) is 0 Å². The highest BCUT2D eigenvalue weighted by Crippen LogP contribution is 2.39. The van der Waals surface area contributed by atoms with Crippen molar-refractivity contribution in [2.45, 2.75) is 11.1 Å². The third-order valence-electron chi connectivity index (χ3n) is 4.41. The average Bonchev–Trinajstić information content (AvgIpc) is 2.72. The second kappa shape index (κ2) is 8.09. The van der Waals surface area contributed by atoms with E-state index in [-0.39, 0.29) is 16.1 Å². The molecular weight excluding hydrogens is 455 g/mol. The van der Waals surface area contributed by atoms with Crippen molar-refractivity contribution in [1.82, 2.24) is 4.98 Å². The lowest BCUT2D eigenvalue weighted by molar-refractivity contribution is -0.141. The fourth-order valence-corrected chi connectivity index (χ4v) is 4.34. The fraction of sp³-hybridized carbons (Fsp3) is 0.100. The highest BCUT2D eigenvalue weighted by molar-refractivity contribution is 7.93. The van der Waals surface area contributed by atoms with Crippen LogP contribution in [0.1, 0.15) is 11.3 Å². The number of phenolic OH excluding ortho intramolecular Hbond substituents is 1. The molecule has 1 heterocycles. The number of nitrogens with zero attached hydrogens (tertiary/aromatic N) is 3. The number of rotatable bonds is 4. The van der Waals surface area contributed by atoms with E-state index < -0.39 is 38.1 Å². The first-order valence-electron chi connectivity index (χ1n) is 8.51. The largest absolute Gasteiger partial charge is 0.506 e. The van der Waals surface area contributed by atoms with Gasteiger partial charge in [-0.3, -0.25) is 9.29 Å². The van der Waals surface area contributed by atoms with E-state index in [2.05, 4.69) is 4.98 Å². The fourth-order valence-electron chi connectivity index (χ4n) is 2.80. The molecule has 0 aliphatic carbocycles. The van der Waals surface area contributed by atoms with Gasteiger partial charge in [0, 0.05) is 30.4 Å². The van der Waals surface area contributed by atoms with E-state index in [0.29, 0.717) is 11.8 Å². The second-order valence-electron chi connectivity index (χ2n) is 6.33. The summed E-state index contributed by atoms with van der Waals surface area (Å²) in [6.07, 6.45) is -3.98. The summed E-state index contributed by atoms with van der Waals surface area (Å²) in [6, 6.07) is 12.2. The molecule has 0 radical (unpaired) electrons. The van der Waals surface area contributed by atoms with Crippen molar-refractivity contribution in [2.24, 2.45) is 0 Å². The summed E-state index contributed by atoms with van der Waals surface area (Å²) in [4.78, 5) is 2.78. The molecule has 0 unspecified atom stereocenters. The Labute approximate surface area is 180 Å². The maximum Gasteiger partial charge on any atom is 0.433 e. The van der Waals surface area contributed by atoms with Crippen molar-refractivity contribution < 1.29 is 26.7 Å². The molecule has 3 rings (SSSR count). The van der Waals surface area contributed by atoms with E-state index in [0.717, 1.165) is 22.6 Å². The zero-order valence-electron chi connectivity index (χ0n) is 15.7. The molecule has 1 aromatic heterocycles. The van der Waals surface area contributed by atoms with Crippen molar-refractivity contribution in [3.05, 3.63) is 71.0 Å². The summed E-state index contributed by atoms with van der Waals surface area (Å²) in [7, 11) is -3.00. The third kappa shape index (κ3) is 4.28. The Morgan fingerprint density at radius 1 is 1.13 bits per heavy atom. The van der Waals surface area contributed by atoms with E-state index in [1.165, 1.54) is 7.05 Å². The summed E-state index contributed by atoms with van der Waals surface area (Å²) in [5, 5.41) is 19.4. The predicted octanol–water partition coefficient (Wildman–Crippen LogP) is 4.82. The van der Waals surface area contributed by atoms with E-state index >= 15 is 0 Å². The first kappa shape index (κ1) is 22.4. The number of aromatic nitrogens is 1. The smallest absolute Gasteiger partial charge is 0.433 e. The van der Waals surface area contributed by atoms with Gasteiger partial charge in [-0.25, -0.2) is 8.42 Å². The van der Waals surface area contributed by atoms with Crippen LogP contribution in [0, 0.1) is 11.3 Å². The van der Waals surface area contributed by atoms with Gasteiger partial charge < -0.3 is 5.11 Å². The number of halogens is 4. The number of sulfonamides is 1. The number of aromatic hydroxyl groups is 1. The maximum atomic E-state index is 13.1. The molecule has 0 saturated carbocycles. The molecule has 160 valence electrons. The van der Waals surface area contributed by atoms with Crippen LogP contribution in [-0.4, -0.2) is 25.6 Å². The lowest BCUT2D eigenvalue weighted by Crippen LogP contribution is -2.26. The Morgan fingerprint density at radius 2 is 1.77 bits per heavy atom. The molecule has 0 atom stereocenters. The molecule has 3 aromatic rings. The highest BCUT2D eigenvalue weighted by Gasteiger charge is 2.33. The van der Waals surface area contributed by atoms with Crippen LogP contribution in [0.2, 0.25) is 5.02 Å². The summed E-state index contributed by atoms with van der Waals surface area (Å²) < 4.78 is 65.9. The minimum Gasteiger partial charge on any atom is -0.506 e. The Morgan fingerprint density at radius 3 is 2.35 bits per heavy atom. The molecule has 0 spiro atoms. The molecule has 0 fully saturated rings. The van der Waals surface area contributed by atoms with Gasteiger partial charge in [-0.05, 0) is 24.3 Å². The number of phenols is 1. The number of hydrogen-bond donors (Lipinski definition) is 1. The molecule has 6 nitrogen and oxygen atoms in total. The van der Waals surface area contributed by atoms with Crippen LogP contribution in [0.3, 0.4) is 0 Å². The monoisotopic (exact) mass is 467 g/mol. The van der Waals surface area contributed by atoms with Gasteiger partial charge in [-0.2, -0.15) is 18.4 Å². The van der Waals surface area contributed by atoms with E-state index in [9.17, 15) is 32.0 Å². The van der Waals surface area contributed by atoms with Crippen LogP contribution in [0.25, 0.3) is 11.1 Å². The highest BCUT2D eigenvalue weighted by atomic mass is 35.5. The van der Waals surface area contributed by atoms with Gasteiger partial charge in [-0.15, -0.1) is 0 Å². The Kier molecular flexibility index (Phi) is 5.85. The Balaban J connectivity index is 2.18. The topological polar surface area (TPSA) is 94.3 Å². The SMILES string of the molecule is CN(c1ccccc1)S(=O)(=O)c1cc(-c2cnc(C(F)(F)F)cc2C#N)c(Cl)cc1O. The molecule has 0 bridgehead atoms. The third-order valence-corrected chi connectivity index (χ3v) is 6.54. The van der Waals surface area contributed by atoms with Gasteiger partial charge in [-0.1, -0.05) is 29.8 Å². The number of benzene rings is 2. The Bertz CT molecular complexity index is 1290. The first-order chi connectivity index (χ1) is 14.5. The molecule has 11 heteroatoms. The number of hydrogen-bond acceptors (Lipinski definition) is 5. The minimum atomic E-state index is -4.77. The van der Waals surface area contributed by atoms with Crippen LogP contribution in [0.4, 0.5) is 18.9 Å². The van der Waals surface area contributed by atoms with E-state index in [1.54, 1.807) is 36.4 Å². The van der Waals surface area contributed by atoms with Crippen molar-refractivity contribution >= 4 is 27.3 Å². The number of pyridine rings is 1. The molecule has 0 saturated heterocycles. The van der Waals surface area contributed by atoms with Crippen LogP contribution >= 0.6 is 11.6 Å². The molecule has 1 N–H and O–H groups in total. The standard InChI is InChI=1S/C20H13ClF3N3O3S/c1-27(13-5-3-2-4-6-13)31(29,30)18-8-14(16(21)9-17(18)28)15-11-26-19(20(22,23)24)7-12(15)10-25/h2-9,11,28H,1H3. The molecule has 31 heavy (non-hydrogen) atoms. The van der Waals surface area contributed by atoms with Crippen LogP contribution in [0.5, 0.6) is 5.75 Å². The zero-order valence-corrected chi connectivity index (χ0v) is 17.3. The van der Waals surface area contributed by atoms with Crippen molar-refractivity contribution in [1.29, 1.82) is 5.26 Å². The quantitative estimate of drug-likeness (QED) is 0.593. The van der Waals surface area contributed by atoms with Gasteiger partial charge in [0.05, 0.1) is 22.3 Å². The van der Waals surface area contributed by atoms with Crippen molar-refractivity contribution in [2.75, 3.05) is 11.4 Å². The van der Waals surface area contributed by atoms with Crippen LogP contribution < -0.4 is 4.31 Å². The minimum absolute atomic E-state index is 0.0720. The van der Waals surface area contributed by atoms with Crippen LogP contribution in [-0.2, 0) is 16.2 Å². The van der Waals surface area contributed by atoms with Gasteiger partial charge in [0.15, 0.2) is 0 Å². The summed E-state index contributed by atoms with van der Waals surface area (Å²) >= 11 is 6.11. The van der Waals surface area contributed by atoms with Gasteiger partial charge >= 0.3 is 6.18 Å². The first-order valence-corrected chi connectivity index (χ1v) is 10.3. The Hall–Kier alpha value is -3.29. The van der Waals surface area contributed by atoms with Crippen molar-refractivity contribution in [3.63, 3.8) is 0 Å². The lowest BCUT2D eigenvalue weighted by atomic mass is 10.0. The van der Waals surface area contributed by atoms with E-state index in [4.69, 9.17) is 11.6 Å². The number of para-hydroxylation sites is 1. The number of nitriles is 1. The molecule has 0 aliphatic rings. The second-order valence-corrected chi connectivity index (χ2v) is 8.68. The summed E-state index contributed by atoms with van der Waals surface area (Å²) in [5.74, 6) is -0.657. The molecule has 2 aromatic carbocycles.